The van der Waals surface area contributed by atoms with Crippen LogP contribution >= 0.6 is 0 Å². The number of amides is 1. The molecule has 0 aliphatic carbocycles. The summed E-state index contributed by atoms with van der Waals surface area (Å²) in [5, 5.41) is 6.94. The molecule has 4 N–H and O–H groups in total. The number of hydrogen-bond acceptors (Lipinski definition) is 3. The Bertz CT molecular complexity index is 519. The lowest BCUT2D eigenvalue weighted by atomic mass is 10.1. The summed E-state index contributed by atoms with van der Waals surface area (Å²) in [4.78, 5) is 11.6. The number of nitrogens with two attached hydrogens (primary N) is 1. The van der Waals surface area contributed by atoms with Gasteiger partial charge in [-0.2, -0.15) is 5.10 Å². The molecule has 2 rings (SSSR count). The molecule has 0 atom stereocenters. The molecule has 5 heteroatoms. The van der Waals surface area contributed by atoms with Crippen LogP contribution in [-0.4, -0.2) is 16.1 Å². The molecule has 0 unspecified atom stereocenters. The molecule has 0 spiro atoms. The first kappa shape index (κ1) is 11.3. The zero-order valence-corrected chi connectivity index (χ0v) is 9.53. The Hall–Kier alpha value is -2.14. The molecule has 0 radical (unpaired) electrons. The van der Waals surface area contributed by atoms with Crippen LogP contribution in [0.5, 0.6) is 0 Å². The van der Waals surface area contributed by atoms with Crippen molar-refractivity contribution in [2.75, 3.05) is 0 Å². The summed E-state index contributed by atoms with van der Waals surface area (Å²) < 4.78 is 0. The molecular weight excluding hydrogens is 216 g/mol. The fourth-order valence-electron chi connectivity index (χ4n) is 1.77. The van der Waals surface area contributed by atoms with E-state index in [0.717, 1.165) is 11.3 Å². The van der Waals surface area contributed by atoms with Crippen LogP contribution in [0.25, 0.3) is 0 Å². The lowest BCUT2D eigenvalue weighted by molar-refractivity contribution is 0.0952. The number of nitrogens with one attached hydrogen (secondary N) is 2. The van der Waals surface area contributed by atoms with E-state index in [9.17, 15) is 4.79 Å². The molecule has 88 valence electrons. The highest BCUT2D eigenvalue weighted by Gasteiger charge is 2.17. The first-order chi connectivity index (χ1) is 8.22. The number of aromatic amines is 1. The summed E-state index contributed by atoms with van der Waals surface area (Å²) in [6.45, 7) is 1.80. The van der Waals surface area contributed by atoms with Crippen molar-refractivity contribution < 1.29 is 4.79 Å². The first-order valence-electron chi connectivity index (χ1n) is 5.31. The smallest absolute Gasteiger partial charge is 0.268 e. The molecule has 0 aliphatic heterocycles. The van der Waals surface area contributed by atoms with E-state index in [1.807, 2.05) is 30.3 Å². The number of H-pyrrole nitrogens is 1. The van der Waals surface area contributed by atoms with Crippen molar-refractivity contribution in [3.05, 3.63) is 52.8 Å². The molecule has 0 fully saturated rings. The van der Waals surface area contributed by atoms with Crippen molar-refractivity contribution in [3.8, 4) is 0 Å². The van der Waals surface area contributed by atoms with Gasteiger partial charge in [0.2, 0.25) is 0 Å². The fourth-order valence-corrected chi connectivity index (χ4v) is 1.77. The van der Waals surface area contributed by atoms with Gasteiger partial charge in [0.15, 0.2) is 0 Å². The Balaban J connectivity index is 2.31. The van der Waals surface area contributed by atoms with Gasteiger partial charge in [-0.1, -0.05) is 30.3 Å². The third kappa shape index (κ3) is 2.34. The predicted molar refractivity (Wildman–Crippen MR) is 64.2 cm³/mol. The van der Waals surface area contributed by atoms with Crippen LogP contribution in [0.2, 0.25) is 0 Å². The van der Waals surface area contributed by atoms with E-state index in [0.29, 0.717) is 17.7 Å². The fraction of sp³-hybridized carbons (Fsp3) is 0.167. The second-order valence-electron chi connectivity index (χ2n) is 3.81. The normalized spacial score (nSPS) is 10.2. The van der Waals surface area contributed by atoms with Crippen molar-refractivity contribution in [2.24, 2.45) is 5.84 Å². The van der Waals surface area contributed by atoms with Gasteiger partial charge in [-0.05, 0) is 12.5 Å². The number of benzene rings is 1. The second-order valence-corrected chi connectivity index (χ2v) is 3.81. The standard InChI is InChI=1S/C12H14N4O/c1-8-11(12(17)14-13)10(16-15-8)7-9-5-3-2-4-6-9/h2-6H,7,13H2,1H3,(H,14,17)(H,15,16). The topological polar surface area (TPSA) is 83.8 Å². The predicted octanol–water partition coefficient (Wildman–Crippen LogP) is 0.912. The van der Waals surface area contributed by atoms with Crippen LogP contribution in [0.15, 0.2) is 30.3 Å². The Morgan fingerprint density at radius 2 is 2.12 bits per heavy atom. The van der Waals surface area contributed by atoms with E-state index in [-0.39, 0.29) is 5.91 Å². The molecule has 0 bridgehead atoms. The number of hydrazine groups is 1. The molecule has 17 heavy (non-hydrogen) atoms. The number of carbonyl (C=O) groups excluding carboxylic acids is 1. The maximum absolute atomic E-state index is 11.6. The molecule has 0 saturated heterocycles. The van der Waals surface area contributed by atoms with Crippen molar-refractivity contribution in [3.63, 3.8) is 0 Å². The van der Waals surface area contributed by atoms with Gasteiger partial charge in [0.1, 0.15) is 0 Å². The highest BCUT2D eigenvalue weighted by atomic mass is 16.2. The molecular formula is C12H14N4O. The average molecular weight is 230 g/mol. The molecule has 1 aromatic heterocycles. The minimum Gasteiger partial charge on any atom is -0.290 e. The zero-order valence-electron chi connectivity index (χ0n) is 9.53. The van der Waals surface area contributed by atoms with E-state index in [2.05, 4.69) is 15.6 Å². The largest absolute Gasteiger partial charge is 0.290 e. The van der Waals surface area contributed by atoms with Crippen molar-refractivity contribution in [1.82, 2.24) is 15.6 Å². The van der Waals surface area contributed by atoms with Crippen LogP contribution < -0.4 is 11.3 Å². The molecule has 2 aromatic rings. The van der Waals surface area contributed by atoms with Gasteiger partial charge in [-0.25, -0.2) is 5.84 Å². The molecule has 1 heterocycles. The highest BCUT2D eigenvalue weighted by Crippen LogP contribution is 2.14. The van der Waals surface area contributed by atoms with Crippen molar-refractivity contribution in [1.29, 1.82) is 0 Å². The molecule has 5 nitrogen and oxygen atoms in total. The average Bonchev–Trinajstić information content (AvgIpc) is 2.71. The number of nitrogen functional groups attached to an aromatic ring is 1. The van der Waals surface area contributed by atoms with E-state index >= 15 is 0 Å². The molecule has 1 aromatic carbocycles. The van der Waals surface area contributed by atoms with Gasteiger partial charge in [0, 0.05) is 12.1 Å². The Morgan fingerprint density at radius 1 is 1.41 bits per heavy atom. The first-order valence-corrected chi connectivity index (χ1v) is 5.31. The quantitative estimate of drug-likeness (QED) is 0.416. The lowest BCUT2D eigenvalue weighted by Gasteiger charge is -2.02. The summed E-state index contributed by atoms with van der Waals surface area (Å²) in [7, 11) is 0. The Kier molecular flexibility index (Phi) is 3.20. The minimum absolute atomic E-state index is 0.317. The Morgan fingerprint density at radius 3 is 2.76 bits per heavy atom. The van der Waals surface area contributed by atoms with Crippen LogP contribution in [0.3, 0.4) is 0 Å². The summed E-state index contributed by atoms with van der Waals surface area (Å²) >= 11 is 0. The number of aromatic nitrogens is 2. The van der Waals surface area contributed by atoms with Gasteiger partial charge < -0.3 is 0 Å². The number of hydrogen-bond donors (Lipinski definition) is 3. The monoisotopic (exact) mass is 230 g/mol. The number of aryl methyl sites for hydroxylation is 1. The third-order valence-electron chi connectivity index (χ3n) is 2.59. The van der Waals surface area contributed by atoms with Gasteiger partial charge in [-0.15, -0.1) is 0 Å². The van der Waals surface area contributed by atoms with Gasteiger partial charge in [0.25, 0.3) is 5.91 Å². The Labute approximate surface area is 99.0 Å². The van der Waals surface area contributed by atoms with Crippen molar-refractivity contribution >= 4 is 5.91 Å². The summed E-state index contributed by atoms with van der Waals surface area (Å²) in [6, 6.07) is 9.85. The number of carbonyl (C=O) groups is 1. The lowest BCUT2D eigenvalue weighted by Crippen LogP contribution is -2.31. The summed E-state index contributed by atoms with van der Waals surface area (Å²) in [6.07, 6.45) is 0.605. The maximum atomic E-state index is 11.6. The third-order valence-corrected chi connectivity index (χ3v) is 2.59. The highest BCUT2D eigenvalue weighted by molar-refractivity contribution is 5.96. The van der Waals surface area contributed by atoms with Crippen molar-refractivity contribution in [2.45, 2.75) is 13.3 Å². The summed E-state index contributed by atoms with van der Waals surface area (Å²) in [5.41, 5.74) is 5.19. The number of nitrogens with zero attached hydrogens (tertiary/aromatic N) is 1. The summed E-state index contributed by atoms with van der Waals surface area (Å²) in [5.74, 6) is 4.84. The minimum atomic E-state index is -0.317. The number of rotatable bonds is 3. The van der Waals surface area contributed by atoms with E-state index < -0.39 is 0 Å². The molecule has 1 amide bonds. The van der Waals surface area contributed by atoms with E-state index in [4.69, 9.17) is 5.84 Å². The van der Waals surface area contributed by atoms with Gasteiger partial charge in [0.05, 0.1) is 11.3 Å². The zero-order chi connectivity index (χ0) is 12.3. The van der Waals surface area contributed by atoms with Crippen LogP contribution in [0, 0.1) is 6.92 Å². The SMILES string of the molecule is Cc1[nH]nc(Cc2ccccc2)c1C(=O)NN. The van der Waals surface area contributed by atoms with E-state index in [1.165, 1.54) is 0 Å². The second kappa shape index (κ2) is 4.80. The van der Waals surface area contributed by atoms with Gasteiger partial charge in [-0.3, -0.25) is 15.3 Å². The molecule has 0 aliphatic rings. The van der Waals surface area contributed by atoms with Gasteiger partial charge >= 0.3 is 0 Å². The van der Waals surface area contributed by atoms with E-state index in [1.54, 1.807) is 6.92 Å². The van der Waals surface area contributed by atoms with Crippen LogP contribution in [0.4, 0.5) is 0 Å². The maximum Gasteiger partial charge on any atom is 0.268 e. The van der Waals surface area contributed by atoms with Crippen LogP contribution in [0.1, 0.15) is 27.3 Å². The molecule has 0 saturated carbocycles. The van der Waals surface area contributed by atoms with Crippen LogP contribution in [-0.2, 0) is 6.42 Å².